The number of methoxy groups -OCH3 is 1. The van der Waals surface area contributed by atoms with E-state index < -0.39 is 11.4 Å². The SMILES string of the molecule is COC1=NC(C(N)=O)=NC2=NC=NC21C. The molecule has 0 aromatic heterocycles. The van der Waals surface area contributed by atoms with E-state index in [0.29, 0.717) is 5.84 Å². The van der Waals surface area contributed by atoms with Crippen LogP contribution in [0.4, 0.5) is 0 Å². The number of fused-ring (bicyclic) bond motifs is 1. The van der Waals surface area contributed by atoms with Gasteiger partial charge >= 0.3 is 0 Å². The van der Waals surface area contributed by atoms with Crippen molar-refractivity contribution in [3.8, 4) is 0 Å². The van der Waals surface area contributed by atoms with E-state index in [2.05, 4.69) is 20.0 Å². The number of rotatable bonds is 1. The highest BCUT2D eigenvalue weighted by Crippen LogP contribution is 2.24. The normalized spacial score (nSPS) is 27.7. The minimum Gasteiger partial charge on any atom is -0.482 e. The summed E-state index contributed by atoms with van der Waals surface area (Å²) in [6.45, 7) is 1.75. The Labute approximate surface area is 85.5 Å². The maximum atomic E-state index is 10.9. The number of primary amides is 1. The van der Waals surface area contributed by atoms with Gasteiger partial charge in [-0.1, -0.05) is 0 Å². The number of hydrogen-bond donors (Lipinski definition) is 1. The minimum absolute atomic E-state index is 0.117. The lowest BCUT2D eigenvalue weighted by Crippen LogP contribution is -2.45. The van der Waals surface area contributed by atoms with E-state index in [1.165, 1.54) is 13.4 Å². The fourth-order valence-electron chi connectivity index (χ4n) is 1.36. The topological polar surface area (TPSA) is 102 Å². The smallest absolute Gasteiger partial charge is 0.286 e. The highest BCUT2D eigenvalue weighted by molar-refractivity contribution is 6.44. The van der Waals surface area contributed by atoms with Crippen LogP contribution in [0.1, 0.15) is 6.92 Å². The molecule has 2 aliphatic heterocycles. The molecule has 2 heterocycles. The third-order valence-electron chi connectivity index (χ3n) is 2.18. The molecule has 1 amide bonds. The van der Waals surface area contributed by atoms with Crippen molar-refractivity contribution in [2.24, 2.45) is 25.7 Å². The lowest BCUT2D eigenvalue weighted by Gasteiger charge is -2.24. The van der Waals surface area contributed by atoms with Crippen molar-refractivity contribution in [1.82, 2.24) is 0 Å². The number of carbonyl (C=O) groups excluding carboxylic acids is 1. The second-order valence-electron chi connectivity index (χ2n) is 3.19. The van der Waals surface area contributed by atoms with Crippen LogP contribution in [0.3, 0.4) is 0 Å². The molecular formula is C8H9N5O2. The summed E-state index contributed by atoms with van der Waals surface area (Å²) in [5, 5.41) is 0. The molecule has 2 aliphatic rings. The third kappa shape index (κ3) is 1.24. The molecule has 7 heteroatoms. The zero-order valence-electron chi connectivity index (χ0n) is 8.26. The van der Waals surface area contributed by atoms with E-state index in [4.69, 9.17) is 10.5 Å². The Morgan fingerprint density at radius 1 is 1.53 bits per heavy atom. The Morgan fingerprint density at radius 2 is 2.27 bits per heavy atom. The standard InChI is InChI=1S/C8H9N5O2/c1-8-6(10-3-11-8)12-5(4(9)14)13-7(8)15-2/h3H,1-2H3,(H2,9,14). The van der Waals surface area contributed by atoms with Crippen LogP contribution in [0.2, 0.25) is 0 Å². The number of aliphatic imine (C=N–C) groups is 4. The second-order valence-corrected chi connectivity index (χ2v) is 3.19. The van der Waals surface area contributed by atoms with Gasteiger partial charge in [0.25, 0.3) is 5.91 Å². The fourth-order valence-corrected chi connectivity index (χ4v) is 1.36. The van der Waals surface area contributed by atoms with Crippen LogP contribution in [0.15, 0.2) is 20.0 Å². The maximum absolute atomic E-state index is 10.9. The van der Waals surface area contributed by atoms with Gasteiger partial charge in [-0.15, -0.1) is 0 Å². The summed E-state index contributed by atoms with van der Waals surface area (Å²) in [4.78, 5) is 26.8. The first-order valence-corrected chi connectivity index (χ1v) is 4.21. The molecule has 0 aromatic rings. The quantitative estimate of drug-likeness (QED) is 0.604. The van der Waals surface area contributed by atoms with Gasteiger partial charge in [0, 0.05) is 0 Å². The largest absolute Gasteiger partial charge is 0.482 e. The molecule has 7 nitrogen and oxygen atoms in total. The van der Waals surface area contributed by atoms with Crippen molar-refractivity contribution in [2.75, 3.05) is 7.11 Å². The van der Waals surface area contributed by atoms with Crippen LogP contribution in [-0.4, -0.2) is 42.5 Å². The number of amidine groups is 2. The summed E-state index contributed by atoms with van der Waals surface area (Å²) >= 11 is 0. The first kappa shape index (κ1) is 9.50. The summed E-state index contributed by atoms with van der Waals surface area (Å²) in [7, 11) is 1.44. The van der Waals surface area contributed by atoms with Gasteiger partial charge in [0.1, 0.15) is 6.34 Å². The van der Waals surface area contributed by atoms with Crippen molar-refractivity contribution in [1.29, 1.82) is 0 Å². The number of carbonyl (C=O) groups is 1. The number of hydrogen-bond acceptors (Lipinski definition) is 6. The zero-order chi connectivity index (χ0) is 11.1. The highest BCUT2D eigenvalue weighted by Gasteiger charge is 2.43. The third-order valence-corrected chi connectivity index (χ3v) is 2.18. The number of nitrogens with zero attached hydrogens (tertiary/aromatic N) is 4. The molecule has 0 fully saturated rings. The van der Waals surface area contributed by atoms with Gasteiger partial charge < -0.3 is 10.5 Å². The Kier molecular flexibility index (Phi) is 1.88. The summed E-state index contributed by atoms with van der Waals surface area (Å²) in [6, 6.07) is 0. The van der Waals surface area contributed by atoms with Crippen molar-refractivity contribution in [3.05, 3.63) is 0 Å². The van der Waals surface area contributed by atoms with Crippen molar-refractivity contribution in [3.63, 3.8) is 0 Å². The Bertz CT molecular complexity index is 448. The van der Waals surface area contributed by atoms with E-state index in [0.717, 1.165) is 0 Å². The van der Waals surface area contributed by atoms with Gasteiger partial charge in [0.15, 0.2) is 11.4 Å². The van der Waals surface area contributed by atoms with Crippen LogP contribution in [0, 0.1) is 0 Å². The van der Waals surface area contributed by atoms with Crippen molar-refractivity contribution in [2.45, 2.75) is 12.5 Å². The fraction of sp³-hybridized carbons (Fsp3) is 0.375. The zero-order valence-corrected chi connectivity index (χ0v) is 8.26. The lowest BCUT2D eigenvalue weighted by atomic mass is 10.0. The van der Waals surface area contributed by atoms with E-state index in [1.54, 1.807) is 6.92 Å². The van der Waals surface area contributed by atoms with Gasteiger partial charge in [0.2, 0.25) is 11.7 Å². The Balaban J connectivity index is 2.52. The Hall–Kier alpha value is -2.05. The van der Waals surface area contributed by atoms with Crippen molar-refractivity contribution >= 4 is 29.8 Å². The van der Waals surface area contributed by atoms with Crippen LogP contribution in [0.25, 0.3) is 0 Å². The van der Waals surface area contributed by atoms with Crippen molar-refractivity contribution < 1.29 is 9.53 Å². The molecule has 1 unspecified atom stereocenters. The number of amides is 1. The average Bonchev–Trinajstić information content (AvgIpc) is 2.57. The molecule has 2 N–H and O–H groups in total. The predicted octanol–water partition coefficient (Wildman–Crippen LogP) is -0.872. The van der Waals surface area contributed by atoms with Crippen LogP contribution in [-0.2, 0) is 9.53 Å². The van der Waals surface area contributed by atoms with E-state index in [-0.39, 0.29) is 11.7 Å². The molecule has 0 bridgehead atoms. The van der Waals surface area contributed by atoms with Crippen LogP contribution >= 0.6 is 0 Å². The summed E-state index contributed by atoms with van der Waals surface area (Å²) in [5.41, 5.74) is 4.26. The minimum atomic E-state index is -0.826. The van der Waals surface area contributed by atoms with E-state index >= 15 is 0 Å². The van der Waals surface area contributed by atoms with Crippen LogP contribution < -0.4 is 5.73 Å². The first-order chi connectivity index (χ1) is 7.08. The monoisotopic (exact) mass is 207 g/mol. The van der Waals surface area contributed by atoms with E-state index in [1.807, 2.05) is 0 Å². The van der Waals surface area contributed by atoms with Crippen LogP contribution in [0.5, 0.6) is 0 Å². The lowest BCUT2D eigenvalue weighted by molar-refractivity contribution is -0.112. The molecule has 0 saturated carbocycles. The summed E-state index contributed by atoms with van der Waals surface area (Å²) in [5.74, 6) is -0.211. The van der Waals surface area contributed by atoms with Gasteiger partial charge in [-0.05, 0) is 6.92 Å². The molecule has 2 rings (SSSR count). The molecule has 0 spiro atoms. The van der Waals surface area contributed by atoms with Gasteiger partial charge in [0.05, 0.1) is 7.11 Å². The van der Waals surface area contributed by atoms with Gasteiger partial charge in [-0.25, -0.2) is 15.0 Å². The number of nitrogens with two attached hydrogens (primary N) is 1. The molecular weight excluding hydrogens is 198 g/mol. The molecule has 78 valence electrons. The predicted molar refractivity (Wildman–Crippen MR) is 55.4 cm³/mol. The highest BCUT2D eigenvalue weighted by atomic mass is 16.5. The molecule has 0 aromatic carbocycles. The first-order valence-electron chi connectivity index (χ1n) is 4.21. The molecule has 0 saturated heterocycles. The van der Waals surface area contributed by atoms with E-state index in [9.17, 15) is 4.79 Å². The second kappa shape index (κ2) is 2.97. The molecule has 0 aliphatic carbocycles. The number of ether oxygens (including phenoxy) is 1. The molecule has 0 radical (unpaired) electrons. The summed E-state index contributed by atoms with van der Waals surface area (Å²) < 4.78 is 5.06. The maximum Gasteiger partial charge on any atom is 0.286 e. The molecule has 1 atom stereocenters. The Morgan fingerprint density at radius 3 is 2.87 bits per heavy atom. The average molecular weight is 207 g/mol. The summed E-state index contributed by atoms with van der Waals surface area (Å²) in [6.07, 6.45) is 1.36. The van der Waals surface area contributed by atoms with Gasteiger partial charge in [-0.2, -0.15) is 4.99 Å². The van der Waals surface area contributed by atoms with Gasteiger partial charge in [-0.3, -0.25) is 4.79 Å². The molecule has 15 heavy (non-hydrogen) atoms.